The summed E-state index contributed by atoms with van der Waals surface area (Å²) >= 11 is 0. The van der Waals surface area contributed by atoms with E-state index in [1.165, 1.54) is 0 Å². The van der Waals surface area contributed by atoms with Crippen LogP contribution in [0.1, 0.15) is 0 Å². The number of hydrogen-bond donors (Lipinski definition) is 9. The van der Waals surface area contributed by atoms with Crippen molar-refractivity contribution in [3.05, 3.63) is 52.5 Å². The number of nitrogens with one attached hydrogen (secondary N) is 3. The highest BCUT2D eigenvalue weighted by Crippen LogP contribution is 2.18. The molecule has 0 radical (unpaired) electrons. The summed E-state index contributed by atoms with van der Waals surface area (Å²) in [6, 6.07) is 11.8. The van der Waals surface area contributed by atoms with Gasteiger partial charge in [0, 0.05) is 10.8 Å². The van der Waals surface area contributed by atoms with E-state index in [-0.39, 0.29) is 0 Å². The second-order valence-corrected chi connectivity index (χ2v) is 6.09. The second-order valence-electron chi connectivity index (χ2n) is 6.09. The van der Waals surface area contributed by atoms with Crippen molar-refractivity contribution >= 4 is 21.5 Å². The molecule has 0 aliphatic heterocycles. The van der Waals surface area contributed by atoms with Crippen molar-refractivity contribution in [3.8, 4) is 0 Å². The van der Waals surface area contributed by atoms with Crippen LogP contribution in [0.25, 0.3) is 21.5 Å². The molecule has 0 saturated carbocycles. The average molecular weight is 384 g/mol. The molecular formula is C16H24N12. The lowest BCUT2D eigenvalue weighted by Gasteiger charge is -2.03. The summed E-state index contributed by atoms with van der Waals surface area (Å²) in [4.78, 5) is 0. The van der Waals surface area contributed by atoms with Crippen molar-refractivity contribution in [2.45, 2.75) is 18.9 Å². The number of nitrogens with zero attached hydrogens (tertiary/aromatic N) is 3. The van der Waals surface area contributed by atoms with E-state index < -0.39 is 18.9 Å². The fourth-order valence-electron chi connectivity index (χ4n) is 2.75. The molecule has 3 rings (SSSR count). The lowest BCUT2D eigenvalue weighted by atomic mass is 10.1. The van der Waals surface area contributed by atoms with E-state index in [2.05, 4.69) is 31.6 Å². The maximum atomic E-state index is 5.57. The number of nitrogens with two attached hydrogens (primary N) is 6. The Labute approximate surface area is 159 Å². The molecule has 12 nitrogen and oxygen atoms in total. The Hall–Kier alpha value is -3.13. The van der Waals surface area contributed by atoms with Crippen molar-refractivity contribution in [2.24, 2.45) is 49.7 Å². The zero-order valence-corrected chi connectivity index (χ0v) is 15.0. The van der Waals surface area contributed by atoms with Gasteiger partial charge >= 0.3 is 0 Å². The van der Waals surface area contributed by atoms with E-state index >= 15 is 0 Å². The summed E-state index contributed by atoms with van der Waals surface area (Å²) < 4.78 is 0. The lowest BCUT2D eigenvalue weighted by Crippen LogP contribution is -2.49. The molecule has 0 aliphatic rings. The fraction of sp³-hybridized carbons (Fsp3) is 0.188. The van der Waals surface area contributed by atoms with Crippen LogP contribution in [-0.2, 0) is 0 Å². The van der Waals surface area contributed by atoms with Crippen molar-refractivity contribution in [2.75, 3.05) is 0 Å². The second kappa shape index (κ2) is 8.26. The standard InChI is InChI=1S/C16H24N12/c17-14(18)26-23-11-9-5-7-3-1-2-4-8(7)6-10(9)12(24-27-15(19)20)13(11)25-28-16(21)22/h1-6,14-16,26-28H,17-22H2/b23-11-,24-12+,25-13?. The van der Waals surface area contributed by atoms with Crippen LogP contribution in [0.3, 0.4) is 0 Å². The fourth-order valence-corrected chi connectivity index (χ4v) is 2.75. The predicted molar refractivity (Wildman–Crippen MR) is 106 cm³/mol. The van der Waals surface area contributed by atoms with E-state index in [9.17, 15) is 0 Å². The molecule has 0 aromatic heterocycles. The van der Waals surface area contributed by atoms with Gasteiger partial charge in [0.25, 0.3) is 0 Å². The van der Waals surface area contributed by atoms with E-state index in [0.29, 0.717) is 16.1 Å². The minimum atomic E-state index is -0.882. The molecule has 0 amide bonds. The van der Waals surface area contributed by atoms with Crippen molar-refractivity contribution < 1.29 is 0 Å². The van der Waals surface area contributed by atoms with Gasteiger partial charge in [-0.1, -0.05) is 24.3 Å². The molecule has 0 heterocycles. The molecule has 0 spiro atoms. The molecule has 0 saturated heterocycles. The van der Waals surface area contributed by atoms with Gasteiger partial charge in [0.15, 0.2) is 0 Å². The van der Waals surface area contributed by atoms with Crippen LogP contribution in [0.4, 0.5) is 0 Å². The highest BCUT2D eigenvalue weighted by Gasteiger charge is 2.11. The summed E-state index contributed by atoms with van der Waals surface area (Å²) in [6.07, 6.45) is -2.61. The summed E-state index contributed by atoms with van der Waals surface area (Å²) in [5.74, 6) is 0. The number of hydrogen-bond acceptors (Lipinski definition) is 12. The Balaban J connectivity index is 2.45. The van der Waals surface area contributed by atoms with E-state index in [1.54, 1.807) is 0 Å². The van der Waals surface area contributed by atoms with Gasteiger partial charge in [-0.15, -0.1) is 0 Å². The summed E-state index contributed by atoms with van der Waals surface area (Å²) in [5.41, 5.74) is 41.3. The molecule has 0 atom stereocenters. The quantitative estimate of drug-likeness (QED) is 0.147. The van der Waals surface area contributed by atoms with Crippen molar-refractivity contribution in [1.29, 1.82) is 0 Å². The molecule has 28 heavy (non-hydrogen) atoms. The van der Waals surface area contributed by atoms with Gasteiger partial charge in [-0.25, -0.2) is 0 Å². The molecule has 12 heteroatoms. The zero-order valence-electron chi connectivity index (χ0n) is 15.0. The Morgan fingerprint density at radius 3 is 1.29 bits per heavy atom. The number of benzene rings is 2. The van der Waals surface area contributed by atoms with Crippen LogP contribution in [0.5, 0.6) is 0 Å². The van der Waals surface area contributed by atoms with Gasteiger partial charge in [0.2, 0.25) is 0 Å². The molecule has 15 N–H and O–H groups in total. The SMILES string of the molecule is NC(N)NN=c1/c(=N\NC(N)N)c2cc3ccccc3cc2/c1=N\NC(N)N. The van der Waals surface area contributed by atoms with Crippen molar-refractivity contribution in [3.63, 3.8) is 0 Å². The van der Waals surface area contributed by atoms with Crippen molar-refractivity contribution in [1.82, 2.24) is 16.3 Å². The van der Waals surface area contributed by atoms with Gasteiger partial charge < -0.3 is 0 Å². The average Bonchev–Trinajstić information content (AvgIpc) is 2.92. The predicted octanol–water partition coefficient (Wildman–Crippen LogP) is -4.31. The topological polar surface area (TPSA) is 229 Å². The summed E-state index contributed by atoms with van der Waals surface area (Å²) in [5, 5.41) is 17.7. The monoisotopic (exact) mass is 384 g/mol. The summed E-state index contributed by atoms with van der Waals surface area (Å²) in [6.45, 7) is 0. The van der Waals surface area contributed by atoms with Gasteiger partial charge in [0.1, 0.15) is 34.9 Å². The van der Waals surface area contributed by atoms with Crippen LogP contribution in [-0.4, -0.2) is 18.9 Å². The van der Waals surface area contributed by atoms with Gasteiger partial charge in [-0.05, 0) is 22.9 Å². The van der Waals surface area contributed by atoms with Gasteiger partial charge in [-0.2, -0.15) is 15.3 Å². The third-order valence-electron chi connectivity index (χ3n) is 3.82. The molecule has 0 bridgehead atoms. The van der Waals surface area contributed by atoms with Crippen LogP contribution in [0, 0.1) is 0 Å². The number of fused-ring (bicyclic) bond motifs is 2. The molecule has 148 valence electrons. The third kappa shape index (κ3) is 4.23. The molecule has 0 unspecified atom stereocenters. The third-order valence-corrected chi connectivity index (χ3v) is 3.82. The smallest absolute Gasteiger partial charge is 0.142 e. The Morgan fingerprint density at radius 2 is 0.929 bits per heavy atom. The largest absolute Gasteiger partial charge is 0.298 e. The molecule has 3 aromatic carbocycles. The van der Waals surface area contributed by atoms with Gasteiger partial charge in [-0.3, -0.25) is 50.7 Å². The zero-order chi connectivity index (χ0) is 20.3. The maximum Gasteiger partial charge on any atom is 0.142 e. The Morgan fingerprint density at radius 1 is 0.571 bits per heavy atom. The summed E-state index contributed by atoms with van der Waals surface area (Å²) in [7, 11) is 0. The normalized spacial score (nSPS) is 14.2. The lowest BCUT2D eigenvalue weighted by molar-refractivity contribution is 0.542. The van der Waals surface area contributed by atoms with E-state index in [4.69, 9.17) is 34.4 Å². The van der Waals surface area contributed by atoms with Crippen LogP contribution < -0.4 is 66.8 Å². The minimum Gasteiger partial charge on any atom is -0.298 e. The Kier molecular flexibility index (Phi) is 5.79. The van der Waals surface area contributed by atoms with Crippen LogP contribution >= 0.6 is 0 Å². The number of rotatable bonds is 6. The first kappa shape index (κ1) is 19.6. The van der Waals surface area contributed by atoms with E-state index in [0.717, 1.165) is 21.5 Å². The first-order chi connectivity index (χ1) is 13.4. The van der Waals surface area contributed by atoms with Crippen LogP contribution in [0.15, 0.2) is 51.7 Å². The first-order valence-electron chi connectivity index (χ1n) is 8.44. The van der Waals surface area contributed by atoms with E-state index in [1.807, 2.05) is 36.4 Å². The molecular weight excluding hydrogens is 360 g/mol. The molecule has 0 aliphatic carbocycles. The van der Waals surface area contributed by atoms with Gasteiger partial charge in [0.05, 0.1) is 0 Å². The minimum absolute atomic E-state index is 0.368. The maximum absolute atomic E-state index is 5.57. The highest BCUT2D eigenvalue weighted by atomic mass is 15.4. The first-order valence-corrected chi connectivity index (χ1v) is 8.44. The highest BCUT2D eigenvalue weighted by molar-refractivity contribution is 5.98. The van der Waals surface area contributed by atoms with Crippen LogP contribution in [0.2, 0.25) is 0 Å². The molecule has 3 aromatic rings. The molecule has 0 fully saturated rings. The Bertz CT molecular complexity index is 1060.